The fourth-order valence-electron chi connectivity index (χ4n) is 3.49. The van der Waals surface area contributed by atoms with Gasteiger partial charge in [-0.2, -0.15) is 0 Å². The third kappa shape index (κ3) is 3.72. The molecular weight excluding hydrogens is 364 g/mol. The van der Waals surface area contributed by atoms with E-state index >= 15 is 0 Å². The molecule has 0 bridgehead atoms. The minimum atomic E-state index is -0.121. The molecule has 0 aliphatic rings. The maximum Gasteiger partial charge on any atom is 0.265 e. The number of methoxy groups -OCH3 is 1. The van der Waals surface area contributed by atoms with E-state index in [2.05, 4.69) is 12.1 Å². The molecule has 0 aliphatic heterocycles. The third-order valence-electron chi connectivity index (χ3n) is 4.93. The summed E-state index contributed by atoms with van der Waals surface area (Å²) in [5.41, 5.74) is 2.94. The fourth-order valence-corrected chi connectivity index (χ4v) is 3.49. The first-order valence-corrected chi connectivity index (χ1v) is 9.51. The Bertz CT molecular complexity index is 1160. The Balaban J connectivity index is 1.89. The van der Waals surface area contributed by atoms with Crippen LogP contribution in [0.3, 0.4) is 0 Å². The molecule has 0 unspecified atom stereocenters. The van der Waals surface area contributed by atoms with Gasteiger partial charge in [0, 0.05) is 6.54 Å². The predicted octanol–water partition coefficient (Wildman–Crippen LogP) is 4.73. The van der Waals surface area contributed by atoms with Crippen molar-refractivity contribution in [1.29, 1.82) is 0 Å². The Hall–Kier alpha value is -3.60. The smallest absolute Gasteiger partial charge is 0.265 e. The molecule has 0 atom stereocenters. The molecule has 0 saturated carbocycles. The second kappa shape index (κ2) is 8.19. The predicted molar refractivity (Wildman–Crippen MR) is 113 cm³/mol. The first-order valence-electron chi connectivity index (χ1n) is 9.51. The van der Waals surface area contributed by atoms with Crippen molar-refractivity contribution < 1.29 is 9.15 Å². The largest absolute Gasteiger partial charge is 0.496 e. The number of aromatic nitrogens is 2. The molecule has 4 rings (SSSR count). The first-order chi connectivity index (χ1) is 14.2. The van der Waals surface area contributed by atoms with Gasteiger partial charge >= 0.3 is 0 Å². The van der Waals surface area contributed by atoms with E-state index in [4.69, 9.17) is 14.1 Å². The average Bonchev–Trinajstić information content (AvgIpc) is 3.28. The van der Waals surface area contributed by atoms with Gasteiger partial charge < -0.3 is 9.15 Å². The summed E-state index contributed by atoms with van der Waals surface area (Å²) >= 11 is 0. The van der Waals surface area contributed by atoms with Crippen molar-refractivity contribution in [3.05, 3.63) is 94.6 Å². The molecule has 0 N–H and O–H groups in total. The zero-order chi connectivity index (χ0) is 20.2. The first kappa shape index (κ1) is 18.7. The molecule has 0 amide bonds. The SMILES string of the molecule is COc1ccccc1-c1nc(C)c(-c2ccco2)c(=O)n1CCc1ccccc1. The molecule has 2 aromatic heterocycles. The van der Waals surface area contributed by atoms with Crippen molar-refractivity contribution in [2.45, 2.75) is 19.9 Å². The topological polar surface area (TPSA) is 57.3 Å². The standard InChI is InChI=1S/C24H22N2O3/c1-17-22(21-13-8-16-29-21)24(27)26(15-14-18-9-4-3-5-10-18)23(25-17)19-11-6-7-12-20(19)28-2/h3-13,16H,14-15H2,1-2H3. The summed E-state index contributed by atoms with van der Waals surface area (Å²) in [6.07, 6.45) is 2.28. The van der Waals surface area contributed by atoms with Crippen LogP contribution >= 0.6 is 0 Å². The molecule has 5 heteroatoms. The van der Waals surface area contributed by atoms with Gasteiger partial charge in [-0.05, 0) is 43.2 Å². The Labute approximate surface area is 169 Å². The van der Waals surface area contributed by atoms with E-state index < -0.39 is 0 Å². The highest BCUT2D eigenvalue weighted by molar-refractivity contribution is 5.67. The van der Waals surface area contributed by atoms with Crippen LogP contribution in [0, 0.1) is 6.92 Å². The fraction of sp³-hybridized carbons (Fsp3) is 0.167. The van der Waals surface area contributed by atoms with Crippen LogP contribution in [0.25, 0.3) is 22.7 Å². The molecule has 29 heavy (non-hydrogen) atoms. The molecule has 0 radical (unpaired) electrons. The lowest BCUT2D eigenvalue weighted by Gasteiger charge is -2.17. The number of furan rings is 1. The number of ether oxygens (including phenoxy) is 1. The maximum absolute atomic E-state index is 13.5. The zero-order valence-corrected chi connectivity index (χ0v) is 16.5. The minimum Gasteiger partial charge on any atom is -0.496 e. The summed E-state index contributed by atoms with van der Waals surface area (Å²) in [6, 6.07) is 21.3. The van der Waals surface area contributed by atoms with Gasteiger partial charge in [0.2, 0.25) is 0 Å². The number of para-hydroxylation sites is 1. The van der Waals surface area contributed by atoms with Gasteiger partial charge in [-0.3, -0.25) is 9.36 Å². The summed E-state index contributed by atoms with van der Waals surface area (Å²) in [7, 11) is 1.62. The molecular formula is C24H22N2O3. The van der Waals surface area contributed by atoms with E-state index in [1.54, 1.807) is 30.1 Å². The lowest BCUT2D eigenvalue weighted by Crippen LogP contribution is -2.27. The summed E-state index contributed by atoms with van der Waals surface area (Å²) in [6.45, 7) is 2.33. The van der Waals surface area contributed by atoms with Gasteiger partial charge in [-0.1, -0.05) is 42.5 Å². The Morgan fingerprint density at radius 3 is 2.48 bits per heavy atom. The van der Waals surface area contributed by atoms with Crippen LogP contribution in [0.1, 0.15) is 11.3 Å². The Morgan fingerprint density at radius 1 is 1.00 bits per heavy atom. The molecule has 0 spiro atoms. The van der Waals surface area contributed by atoms with E-state index in [1.165, 1.54) is 0 Å². The quantitative estimate of drug-likeness (QED) is 0.481. The van der Waals surface area contributed by atoms with Crippen LogP contribution in [0.4, 0.5) is 0 Å². The van der Waals surface area contributed by atoms with Crippen LogP contribution in [-0.4, -0.2) is 16.7 Å². The van der Waals surface area contributed by atoms with Crippen molar-refractivity contribution in [2.24, 2.45) is 0 Å². The normalized spacial score (nSPS) is 10.8. The van der Waals surface area contributed by atoms with Gasteiger partial charge in [0.1, 0.15) is 22.9 Å². The number of hydrogen-bond donors (Lipinski definition) is 0. The minimum absolute atomic E-state index is 0.121. The monoisotopic (exact) mass is 386 g/mol. The summed E-state index contributed by atoms with van der Waals surface area (Å²) in [5, 5.41) is 0. The molecule has 4 aromatic rings. The highest BCUT2D eigenvalue weighted by atomic mass is 16.5. The van der Waals surface area contributed by atoms with Gasteiger partial charge in [-0.15, -0.1) is 0 Å². The molecule has 2 aromatic carbocycles. The van der Waals surface area contributed by atoms with E-state index in [-0.39, 0.29) is 5.56 Å². The van der Waals surface area contributed by atoms with Crippen molar-refractivity contribution in [2.75, 3.05) is 7.11 Å². The summed E-state index contributed by atoms with van der Waals surface area (Å²) < 4.78 is 12.8. The Kier molecular flexibility index (Phi) is 5.29. The van der Waals surface area contributed by atoms with Crippen molar-refractivity contribution in [1.82, 2.24) is 9.55 Å². The van der Waals surface area contributed by atoms with Gasteiger partial charge in [0.05, 0.1) is 24.6 Å². The highest BCUT2D eigenvalue weighted by Crippen LogP contribution is 2.29. The lowest BCUT2D eigenvalue weighted by molar-refractivity contribution is 0.415. The number of benzene rings is 2. The van der Waals surface area contributed by atoms with Crippen LogP contribution in [0.15, 0.2) is 82.2 Å². The molecule has 5 nitrogen and oxygen atoms in total. The van der Waals surface area contributed by atoms with Crippen molar-refractivity contribution in [3.63, 3.8) is 0 Å². The second-order valence-electron chi connectivity index (χ2n) is 6.77. The third-order valence-corrected chi connectivity index (χ3v) is 4.93. The molecule has 0 fully saturated rings. The Morgan fingerprint density at radius 2 is 1.76 bits per heavy atom. The van der Waals surface area contributed by atoms with Crippen LogP contribution in [0.2, 0.25) is 0 Å². The zero-order valence-electron chi connectivity index (χ0n) is 16.5. The van der Waals surface area contributed by atoms with Gasteiger partial charge in [0.15, 0.2) is 0 Å². The number of hydrogen-bond acceptors (Lipinski definition) is 4. The second-order valence-corrected chi connectivity index (χ2v) is 6.77. The van der Waals surface area contributed by atoms with Crippen LogP contribution in [0.5, 0.6) is 5.75 Å². The van der Waals surface area contributed by atoms with Gasteiger partial charge in [0.25, 0.3) is 5.56 Å². The maximum atomic E-state index is 13.5. The average molecular weight is 386 g/mol. The van der Waals surface area contributed by atoms with Gasteiger partial charge in [-0.25, -0.2) is 4.98 Å². The number of aryl methyl sites for hydroxylation is 2. The van der Waals surface area contributed by atoms with Crippen molar-refractivity contribution in [3.8, 4) is 28.5 Å². The van der Waals surface area contributed by atoms with E-state index in [9.17, 15) is 4.79 Å². The highest BCUT2D eigenvalue weighted by Gasteiger charge is 2.20. The van der Waals surface area contributed by atoms with E-state index in [1.807, 2.05) is 49.4 Å². The molecule has 146 valence electrons. The van der Waals surface area contributed by atoms with Crippen LogP contribution in [-0.2, 0) is 13.0 Å². The molecule has 0 saturated heterocycles. The number of rotatable bonds is 6. The van der Waals surface area contributed by atoms with Crippen LogP contribution < -0.4 is 10.3 Å². The van der Waals surface area contributed by atoms with E-state index in [0.29, 0.717) is 41.6 Å². The molecule has 2 heterocycles. The molecule has 0 aliphatic carbocycles. The number of nitrogens with zero attached hydrogens (tertiary/aromatic N) is 2. The van der Waals surface area contributed by atoms with Crippen molar-refractivity contribution >= 4 is 0 Å². The summed E-state index contributed by atoms with van der Waals surface area (Å²) in [5.74, 6) is 1.80. The lowest BCUT2D eigenvalue weighted by atomic mass is 10.1. The van der Waals surface area contributed by atoms with E-state index in [0.717, 1.165) is 11.1 Å². The summed E-state index contributed by atoms with van der Waals surface area (Å²) in [4.78, 5) is 18.3.